The Morgan fingerprint density at radius 2 is 2.21 bits per heavy atom. The van der Waals surface area contributed by atoms with Crippen LogP contribution in [0.2, 0.25) is 0 Å². The van der Waals surface area contributed by atoms with Crippen LogP contribution in [-0.2, 0) is 4.74 Å². The maximum atomic E-state index is 11.2. The smallest absolute Gasteiger partial charge is 0.337 e. The van der Waals surface area contributed by atoms with Gasteiger partial charge in [-0.1, -0.05) is 6.07 Å². The molecule has 0 radical (unpaired) electrons. The lowest BCUT2D eigenvalue weighted by atomic mass is 10.2. The number of esters is 1. The number of hydrogen-bond donors (Lipinski definition) is 0. The molecule has 76 valence electrons. The van der Waals surface area contributed by atoms with Gasteiger partial charge in [-0.25, -0.2) is 4.79 Å². The SMILES string of the molecule is COC(=O)c1cccc(OC(C)Br)c1. The van der Waals surface area contributed by atoms with E-state index in [9.17, 15) is 4.79 Å². The van der Waals surface area contributed by atoms with Gasteiger partial charge in [0.1, 0.15) is 5.75 Å². The highest BCUT2D eigenvalue weighted by Gasteiger charge is 2.06. The Bertz CT molecular complexity index is 323. The van der Waals surface area contributed by atoms with Crippen LogP contribution in [0.25, 0.3) is 0 Å². The Kier molecular flexibility index (Phi) is 3.95. The standard InChI is InChI=1S/C10H11BrO3/c1-7(11)14-9-5-3-4-8(6-9)10(12)13-2/h3-7H,1-2H3. The number of methoxy groups -OCH3 is 1. The van der Waals surface area contributed by atoms with Crippen molar-refractivity contribution in [1.29, 1.82) is 0 Å². The van der Waals surface area contributed by atoms with Gasteiger partial charge in [-0.2, -0.15) is 0 Å². The molecule has 3 nitrogen and oxygen atoms in total. The summed E-state index contributed by atoms with van der Waals surface area (Å²) in [7, 11) is 1.35. The van der Waals surface area contributed by atoms with E-state index in [1.807, 2.05) is 6.92 Å². The van der Waals surface area contributed by atoms with E-state index in [4.69, 9.17) is 4.74 Å². The maximum absolute atomic E-state index is 11.2. The van der Waals surface area contributed by atoms with Crippen LogP contribution in [0.1, 0.15) is 17.3 Å². The molecule has 0 heterocycles. The third-order valence-electron chi connectivity index (χ3n) is 1.55. The van der Waals surface area contributed by atoms with E-state index in [1.54, 1.807) is 24.3 Å². The topological polar surface area (TPSA) is 35.5 Å². The largest absolute Gasteiger partial charge is 0.480 e. The zero-order valence-corrected chi connectivity index (χ0v) is 9.58. The molecule has 0 saturated carbocycles. The highest BCUT2D eigenvalue weighted by atomic mass is 79.9. The van der Waals surface area contributed by atoms with Crippen LogP contribution in [0.15, 0.2) is 24.3 Å². The van der Waals surface area contributed by atoms with Crippen LogP contribution in [0.5, 0.6) is 5.75 Å². The summed E-state index contributed by atoms with van der Waals surface area (Å²) in [6, 6.07) is 6.85. The van der Waals surface area contributed by atoms with Gasteiger partial charge in [-0.05, 0) is 41.1 Å². The van der Waals surface area contributed by atoms with Crippen LogP contribution in [-0.4, -0.2) is 18.1 Å². The van der Waals surface area contributed by atoms with Crippen molar-refractivity contribution in [2.45, 2.75) is 11.9 Å². The van der Waals surface area contributed by atoms with Gasteiger partial charge >= 0.3 is 5.97 Å². The van der Waals surface area contributed by atoms with Crippen molar-refractivity contribution in [3.63, 3.8) is 0 Å². The fraction of sp³-hybridized carbons (Fsp3) is 0.300. The minimum atomic E-state index is -0.363. The fourth-order valence-electron chi connectivity index (χ4n) is 1.00. The first kappa shape index (κ1) is 11.0. The van der Waals surface area contributed by atoms with E-state index >= 15 is 0 Å². The minimum absolute atomic E-state index is 0.0876. The normalized spacial score (nSPS) is 11.9. The molecule has 0 N–H and O–H groups in total. The van der Waals surface area contributed by atoms with Crippen molar-refractivity contribution >= 4 is 21.9 Å². The molecule has 1 aromatic rings. The molecule has 0 aromatic heterocycles. The van der Waals surface area contributed by atoms with Crippen molar-refractivity contribution in [2.75, 3.05) is 7.11 Å². The first-order valence-electron chi connectivity index (χ1n) is 4.12. The average Bonchev–Trinajstić information content (AvgIpc) is 2.16. The molecule has 1 aromatic carbocycles. The summed E-state index contributed by atoms with van der Waals surface area (Å²) in [5, 5.41) is -0.0876. The first-order chi connectivity index (χ1) is 6.63. The minimum Gasteiger partial charge on any atom is -0.480 e. The van der Waals surface area contributed by atoms with Crippen molar-refractivity contribution < 1.29 is 14.3 Å². The Labute approximate surface area is 91.1 Å². The van der Waals surface area contributed by atoms with Gasteiger partial charge in [-0.15, -0.1) is 0 Å². The van der Waals surface area contributed by atoms with Gasteiger partial charge in [0.05, 0.1) is 12.7 Å². The summed E-state index contributed by atoms with van der Waals surface area (Å²) >= 11 is 3.25. The van der Waals surface area contributed by atoms with Crippen molar-refractivity contribution in [1.82, 2.24) is 0 Å². The Morgan fingerprint density at radius 3 is 2.79 bits per heavy atom. The van der Waals surface area contributed by atoms with Gasteiger partial charge in [0, 0.05) is 0 Å². The molecular formula is C10H11BrO3. The summed E-state index contributed by atoms with van der Waals surface area (Å²) in [6.07, 6.45) is 0. The summed E-state index contributed by atoms with van der Waals surface area (Å²) in [6.45, 7) is 1.85. The molecule has 1 rings (SSSR count). The zero-order chi connectivity index (χ0) is 10.6. The maximum Gasteiger partial charge on any atom is 0.337 e. The summed E-state index contributed by atoms with van der Waals surface area (Å²) < 4.78 is 9.95. The van der Waals surface area contributed by atoms with Crippen LogP contribution in [0.3, 0.4) is 0 Å². The molecule has 1 atom stereocenters. The number of carbonyl (C=O) groups excluding carboxylic acids is 1. The number of hydrogen-bond acceptors (Lipinski definition) is 3. The number of alkyl halides is 1. The lowest BCUT2D eigenvalue weighted by molar-refractivity contribution is 0.0600. The van der Waals surface area contributed by atoms with E-state index in [-0.39, 0.29) is 11.0 Å². The number of halogens is 1. The molecular weight excluding hydrogens is 248 g/mol. The van der Waals surface area contributed by atoms with E-state index in [2.05, 4.69) is 20.7 Å². The van der Waals surface area contributed by atoms with Crippen LogP contribution in [0.4, 0.5) is 0 Å². The number of ether oxygens (including phenoxy) is 2. The summed E-state index contributed by atoms with van der Waals surface area (Å²) in [4.78, 5) is 11.2. The third-order valence-corrected chi connectivity index (χ3v) is 1.74. The van der Waals surface area contributed by atoms with Crippen molar-refractivity contribution in [3.05, 3.63) is 29.8 Å². The van der Waals surface area contributed by atoms with E-state index < -0.39 is 0 Å². The van der Waals surface area contributed by atoms with E-state index in [0.717, 1.165) is 0 Å². The van der Waals surface area contributed by atoms with Crippen LogP contribution in [0, 0.1) is 0 Å². The lowest BCUT2D eigenvalue weighted by Crippen LogP contribution is -2.04. The van der Waals surface area contributed by atoms with Gasteiger partial charge in [0.15, 0.2) is 5.01 Å². The van der Waals surface area contributed by atoms with Gasteiger partial charge in [-0.3, -0.25) is 0 Å². The highest BCUT2D eigenvalue weighted by molar-refractivity contribution is 9.09. The van der Waals surface area contributed by atoms with E-state index in [1.165, 1.54) is 7.11 Å². The Morgan fingerprint density at radius 1 is 1.50 bits per heavy atom. The summed E-state index contributed by atoms with van der Waals surface area (Å²) in [5.74, 6) is 0.273. The third kappa shape index (κ3) is 3.03. The van der Waals surface area contributed by atoms with E-state index in [0.29, 0.717) is 11.3 Å². The van der Waals surface area contributed by atoms with Gasteiger partial charge < -0.3 is 9.47 Å². The number of rotatable bonds is 3. The van der Waals surface area contributed by atoms with Crippen molar-refractivity contribution in [2.24, 2.45) is 0 Å². The van der Waals surface area contributed by atoms with Crippen LogP contribution < -0.4 is 4.74 Å². The molecule has 0 aliphatic heterocycles. The predicted molar refractivity (Wildman–Crippen MR) is 56.8 cm³/mol. The molecule has 4 heteroatoms. The monoisotopic (exact) mass is 258 g/mol. The second kappa shape index (κ2) is 5.00. The zero-order valence-electron chi connectivity index (χ0n) is 7.99. The molecule has 0 spiro atoms. The molecule has 0 amide bonds. The fourth-order valence-corrected chi connectivity index (χ4v) is 1.22. The average molecular weight is 259 g/mol. The number of benzene rings is 1. The van der Waals surface area contributed by atoms with Gasteiger partial charge in [0.25, 0.3) is 0 Å². The molecule has 1 unspecified atom stereocenters. The Balaban J connectivity index is 2.84. The second-order valence-electron chi connectivity index (χ2n) is 2.68. The Hall–Kier alpha value is -1.03. The highest BCUT2D eigenvalue weighted by Crippen LogP contribution is 2.16. The number of carbonyl (C=O) groups is 1. The first-order valence-corrected chi connectivity index (χ1v) is 5.04. The van der Waals surface area contributed by atoms with Crippen molar-refractivity contribution in [3.8, 4) is 5.75 Å². The lowest BCUT2D eigenvalue weighted by Gasteiger charge is -2.08. The quantitative estimate of drug-likeness (QED) is 0.618. The van der Waals surface area contributed by atoms with Gasteiger partial charge in [0.2, 0.25) is 0 Å². The molecule has 0 aliphatic carbocycles. The molecule has 0 bridgehead atoms. The van der Waals surface area contributed by atoms with Crippen LogP contribution >= 0.6 is 15.9 Å². The molecule has 0 saturated heterocycles. The molecule has 14 heavy (non-hydrogen) atoms. The predicted octanol–water partition coefficient (Wildman–Crippen LogP) is 2.59. The molecule has 0 aliphatic rings. The second-order valence-corrected chi connectivity index (χ2v) is 3.97. The molecule has 0 fully saturated rings. The summed E-state index contributed by atoms with van der Waals surface area (Å²) in [5.41, 5.74) is 0.484.